The van der Waals surface area contributed by atoms with Crippen LogP contribution in [0.5, 0.6) is 0 Å². The van der Waals surface area contributed by atoms with E-state index in [1.54, 1.807) is 17.8 Å². The summed E-state index contributed by atoms with van der Waals surface area (Å²) >= 11 is 1.61. The van der Waals surface area contributed by atoms with Gasteiger partial charge >= 0.3 is 0 Å². The van der Waals surface area contributed by atoms with Gasteiger partial charge in [0.25, 0.3) is 5.91 Å². The minimum atomic E-state index is -0.102. The molecule has 3 N–H and O–H groups in total. The Bertz CT molecular complexity index is 646. The molecule has 4 nitrogen and oxygen atoms in total. The molecule has 20 heavy (non-hydrogen) atoms. The van der Waals surface area contributed by atoms with Crippen molar-refractivity contribution < 1.29 is 4.79 Å². The van der Waals surface area contributed by atoms with E-state index in [1.807, 2.05) is 41.3 Å². The van der Waals surface area contributed by atoms with Gasteiger partial charge in [0.05, 0.1) is 11.4 Å². The number of carbonyl (C=O) groups is 1. The lowest BCUT2D eigenvalue weighted by Gasteiger charge is -2.11. The number of hydrogen-bond acceptors (Lipinski definition) is 3. The molecule has 0 bridgehead atoms. The van der Waals surface area contributed by atoms with Gasteiger partial charge in [0.2, 0.25) is 0 Å². The Morgan fingerprint density at radius 1 is 1.40 bits per heavy atom. The summed E-state index contributed by atoms with van der Waals surface area (Å²) in [6.07, 6.45) is 6.09. The molecule has 0 spiro atoms. The largest absolute Gasteiger partial charge is 0.397 e. The van der Waals surface area contributed by atoms with Crippen molar-refractivity contribution in [1.82, 2.24) is 4.57 Å². The number of para-hydroxylation sites is 1. The number of amides is 1. The number of rotatable bonds is 4. The minimum absolute atomic E-state index is 0.102. The average molecular weight is 287 g/mol. The maximum Gasteiger partial charge on any atom is 0.272 e. The fourth-order valence-corrected chi connectivity index (χ4v) is 2.83. The first-order valence-corrected chi connectivity index (χ1v) is 7.83. The van der Waals surface area contributed by atoms with E-state index < -0.39 is 0 Å². The Kier molecular flexibility index (Phi) is 3.44. The number of carbonyl (C=O) groups excluding carboxylic acids is 1. The lowest BCUT2D eigenvalue weighted by atomic mass is 10.3. The number of nitrogens with zero attached hydrogens (tertiary/aromatic N) is 1. The Morgan fingerprint density at radius 3 is 2.85 bits per heavy atom. The third kappa shape index (κ3) is 2.54. The van der Waals surface area contributed by atoms with Crippen molar-refractivity contribution in [3.63, 3.8) is 0 Å². The van der Waals surface area contributed by atoms with Gasteiger partial charge in [0.15, 0.2) is 0 Å². The molecule has 104 valence electrons. The summed E-state index contributed by atoms with van der Waals surface area (Å²) in [5, 5.41) is 2.98. The number of anilines is 2. The third-order valence-corrected chi connectivity index (χ3v) is 4.19. The minimum Gasteiger partial charge on any atom is -0.397 e. The van der Waals surface area contributed by atoms with Crippen molar-refractivity contribution >= 4 is 29.0 Å². The number of nitrogen functional groups attached to an aromatic ring is 1. The van der Waals surface area contributed by atoms with Crippen molar-refractivity contribution in [3.05, 3.63) is 42.2 Å². The molecule has 0 saturated heterocycles. The van der Waals surface area contributed by atoms with Crippen molar-refractivity contribution in [2.45, 2.75) is 23.8 Å². The molecule has 0 unspecified atom stereocenters. The Hall–Kier alpha value is -1.88. The summed E-state index contributed by atoms with van der Waals surface area (Å²) in [7, 11) is 0. The quantitative estimate of drug-likeness (QED) is 0.847. The van der Waals surface area contributed by atoms with Crippen LogP contribution in [0.4, 0.5) is 11.4 Å². The highest BCUT2D eigenvalue weighted by molar-refractivity contribution is 7.98. The normalized spacial score (nSPS) is 14.2. The highest BCUT2D eigenvalue weighted by atomic mass is 32.2. The molecule has 1 amide bonds. The zero-order valence-corrected chi connectivity index (χ0v) is 12.1. The van der Waals surface area contributed by atoms with E-state index in [0.717, 1.165) is 23.4 Å². The zero-order valence-electron chi connectivity index (χ0n) is 11.3. The monoisotopic (exact) mass is 287 g/mol. The van der Waals surface area contributed by atoms with Crippen LogP contribution in [-0.2, 0) is 0 Å². The predicted octanol–water partition coefficient (Wildman–Crippen LogP) is 3.38. The molecule has 1 aliphatic rings. The maximum atomic E-state index is 12.5. The molecule has 1 aliphatic carbocycles. The first-order chi connectivity index (χ1) is 9.69. The first kappa shape index (κ1) is 13.1. The first-order valence-electron chi connectivity index (χ1n) is 6.61. The van der Waals surface area contributed by atoms with Crippen LogP contribution in [0.2, 0.25) is 0 Å². The molecule has 5 heteroatoms. The van der Waals surface area contributed by atoms with Gasteiger partial charge in [-0.3, -0.25) is 4.79 Å². The molecular formula is C15H17N3OS. The van der Waals surface area contributed by atoms with Crippen LogP contribution < -0.4 is 11.1 Å². The average Bonchev–Trinajstić information content (AvgIpc) is 3.22. The topological polar surface area (TPSA) is 60.1 Å². The number of nitrogens with two attached hydrogens (primary N) is 1. The number of nitrogens with one attached hydrogen (secondary N) is 1. The second kappa shape index (κ2) is 5.25. The van der Waals surface area contributed by atoms with Crippen LogP contribution >= 0.6 is 11.8 Å². The molecule has 1 aromatic heterocycles. The third-order valence-electron chi connectivity index (χ3n) is 3.40. The lowest BCUT2D eigenvalue weighted by Crippen LogP contribution is -2.16. The Labute approximate surface area is 122 Å². The number of aromatic nitrogens is 1. The Balaban J connectivity index is 1.86. The smallest absolute Gasteiger partial charge is 0.272 e. The summed E-state index contributed by atoms with van der Waals surface area (Å²) < 4.78 is 1.99. The fraction of sp³-hybridized carbons (Fsp3) is 0.267. The summed E-state index contributed by atoms with van der Waals surface area (Å²) in [6.45, 7) is 0. The molecule has 2 aromatic rings. The van der Waals surface area contributed by atoms with Crippen molar-refractivity contribution in [3.8, 4) is 0 Å². The van der Waals surface area contributed by atoms with Gasteiger partial charge in [-0.2, -0.15) is 0 Å². The Morgan fingerprint density at radius 2 is 2.15 bits per heavy atom. The molecule has 0 atom stereocenters. The molecule has 1 heterocycles. The molecular weight excluding hydrogens is 270 g/mol. The zero-order chi connectivity index (χ0) is 14.1. The van der Waals surface area contributed by atoms with Crippen LogP contribution in [0, 0.1) is 0 Å². The summed E-state index contributed by atoms with van der Waals surface area (Å²) in [4.78, 5) is 13.5. The van der Waals surface area contributed by atoms with Crippen LogP contribution in [0.15, 0.2) is 41.4 Å². The van der Waals surface area contributed by atoms with E-state index >= 15 is 0 Å². The predicted molar refractivity (Wildman–Crippen MR) is 83.3 cm³/mol. The van der Waals surface area contributed by atoms with Crippen molar-refractivity contribution in [2.24, 2.45) is 0 Å². The SMILES string of the molecule is CSc1ccccc1NC(=O)c1cc(N)cn1C1CC1. The highest BCUT2D eigenvalue weighted by Gasteiger charge is 2.27. The second-order valence-corrected chi connectivity index (χ2v) is 5.80. The highest BCUT2D eigenvalue weighted by Crippen LogP contribution is 2.37. The van der Waals surface area contributed by atoms with Gasteiger partial charge in [-0.25, -0.2) is 0 Å². The van der Waals surface area contributed by atoms with E-state index in [1.165, 1.54) is 0 Å². The second-order valence-electron chi connectivity index (χ2n) is 4.95. The van der Waals surface area contributed by atoms with E-state index in [0.29, 0.717) is 17.4 Å². The molecule has 1 saturated carbocycles. The summed E-state index contributed by atoms with van der Waals surface area (Å²) in [5.41, 5.74) is 7.95. The standard InChI is InChI=1S/C15H17N3OS/c1-20-14-5-3-2-4-12(14)17-15(19)13-8-10(16)9-18(13)11-6-7-11/h2-5,8-9,11H,6-7,16H2,1H3,(H,17,19). The lowest BCUT2D eigenvalue weighted by molar-refractivity contribution is 0.101. The van der Waals surface area contributed by atoms with Crippen LogP contribution in [-0.4, -0.2) is 16.7 Å². The number of hydrogen-bond donors (Lipinski definition) is 2. The maximum absolute atomic E-state index is 12.5. The molecule has 0 radical (unpaired) electrons. The van der Waals surface area contributed by atoms with Gasteiger partial charge < -0.3 is 15.6 Å². The fourth-order valence-electron chi connectivity index (χ4n) is 2.27. The van der Waals surface area contributed by atoms with Gasteiger partial charge in [-0.05, 0) is 37.3 Å². The number of benzene rings is 1. The van der Waals surface area contributed by atoms with Crippen molar-refractivity contribution in [1.29, 1.82) is 0 Å². The van der Waals surface area contributed by atoms with Crippen LogP contribution in [0.3, 0.4) is 0 Å². The van der Waals surface area contributed by atoms with Gasteiger partial charge in [0, 0.05) is 17.1 Å². The van der Waals surface area contributed by atoms with Crippen molar-refractivity contribution in [2.75, 3.05) is 17.3 Å². The van der Waals surface area contributed by atoms with Crippen LogP contribution in [0.1, 0.15) is 29.4 Å². The molecule has 1 fully saturated rings. The van der Waals surface area contributed by atoms with Gasteiger partial charge in [-0.1, -0.05) is 12.1 Å². The van der Waals surface area contributed by atoms with E-state index in [2.05, 4.69) is 5.32 Å². The summed E-state index contributed by atoms with van der Waals surface area (Å²) in [5.74, 6) is -0.102. The number of thioether (sulfide) groups is 1. The summed E-state index contributed by atoms with van der Waals surface area (Å²) in [6, 6.07) is 9.97. The van der Waals surface area contributed by atoms with Gasteiger partial charge in [0.1, 0.15) is 5.69 Å². The molecule has 3 rings (SSSR count). The molecule has 1 aromatic carbocycles. The van der Waals surface area contributed by atoms with E-state index in [4.69, 9.17) is 5.73 Å². The van der Waals surface area contributed by atoms with Gasteiger partial charge in [-0.15, -0.1) is 11.8 Å². The molecule has 0 aliphatic heterocycles. The van der Waals surface area contributed by atoms with E-state index in [9.17, 15) is 4.79 Å². The van der Waals surface area contributed by atoms with Crippen LogP contribution in [0.25, 0.3) is 0 Å². The van der Waals surface area contributed by atoms with E-state index in [-0.39, 0.29) is 5.91 Å².